The lowest BCUT2D eigenvalue weighted by Crippen LogP contribution is -2.74. The summed E-state index contributed by atoms with van der Waals surface area (Å²) in [6, 6.07) is 11.3. The van der Waals surface area contributed by atoms with E-state index in [1.807, 2.05) is 37.3 Å². The maximum absolute atomic E-state index is 13.9. The number of amides is 1. The number of aliphatic hydroxyl groups is 1. The molecule has 2 unspecified atom stereocenters. The molecule has 7 atom stereocenters. The van der Waals surface area contributed by atoms with Gasteiger partial charge in [-0.05, 0) is 55.1 Å². The summed E-state index contributed by atoms with van der Waals surface area (Å²) in [5.41, 5.74) is 4.75. The van der Waals surface area contributed by atoms with Crippen LogP contribution in [0.25, 0.3) is 11.1 Å². The fourth-order valence-electron chi connectivity index (χ4n) is 6.86. The van der Waals surface area contributed by atoms with Crippen molar-refractivity contribution >= 4 is 29.0 Å². The smallest absolute Gasteiger partial charge is 0.235 e. The molecule has 0 aromatic heterocycles. The zero-order valence-corrected chi connectivity index (χ0v) is 20.7. The molecule has 0 spiro atoms. The van der Waals surface area contributed by atoms with Crippen molar-refractivity contribution in [3.05, 3.63) is 53.6 Å². The fraction of sp³-hybridized carbons (Fsp3) is 0.393. The number of aromatic hydroxyl groups is 1. The highest BCUT2D eigenvalue weighted by molar-refractivity contribution is 6.32. The molecular weight excluding hydrogens is 476 g/mol. The van der Waals surface area contributed by atoms with Crippen LogP contribution < -0.4 is 5.73 Å². The molecule has 2 aromatic rings. The van der Waals surface area contributed by atoms with E-state index in [0.29, 0.717) is 5.56 Å². The fourth-order valence-corrected chi connectivity index (χ4v) is 6.86. The summed E-state index contributed by atoms with van der Waals surface area (Å²) in [6.07, 6.45) is 0.00888. The quantitative estimate of drug-likeness (QED) is 0.525. The summed E-state index contributed by atoms with van der Waals surface area (Å²) in [7, 11) is 3.12. The number of carbonyl (C=O) groups excluding carboxylic acids is 5. The number of phenolic OH excluding ortho intramolecular Hbond substituents is 1. The number of fused-ring (bicyclic) bond motifs is 3. The van der Waals surface area contributed by atoms with Crippen LogP contribution in [0.5, 0.6) is 5.75 Å². The molecule has 192 valence electrons. The Morgan fingerprint density at radius 2 is 1.68 bits per heavy atom. The molecule has 9 heteroatoms. The third kappa shape index (κ3) is 3.27. The van der Waals surface area contributed by atoms with Crippen molar-refractivity contribution in [3.8, 4) is 16.9 Å². The van der Waals surface area contributed by atoms with Gasteiger partial charge in [-0.2, -0.15) is 0 Å². The predicted molar refractivity (Wildman–Crippen MR) is 132 cm³/mol. The Hall–Kier alpha value is -3.69. The molecule has 3 aliphatic carbocycles. The maximum Gasteiger partial charge on any atom is 0.235 e. The maximum atomic E-state index is 13.9. The highest BCUT2D eigenvalue weighted by Gasteiger charge is 2.70. The Morgan fingerprint density at radius 3 is 2.27 bits per heavy atom. The number of likely N-dealkylation sites (N-methyl/N-ethyl adjacent to an activating group) is 1. The van der Waals surface area contributed by atoms with Gasteiger partial charge in [0, 0.05) is 5.92 Å². The number of benzene rings is 2. The van der Waals surface area contributed by atoms with Crippen LogP contribution >= 0.6 is 0 Å². The monoisotopic (exact) mass is 504 g/mol. The molecule has 1 amide bonds. The van der Waals surface area contributed by atoms with Gasteiger partial charge in [0.25, 0.3) is 0 Å². The molecule has 0 saturated heterocycles. The minimum atomic E-state index is -2.73. The van der Waals surface area contributed by atoms with Crippen LogP contribution in [0.15, 0.2) is 42.5 Å². The Morgan fingerprint density at radius 1 is 1.03 bits per heavy atom. The lowest BCUT2D eigenvalue weighted by Gasteiger charge is -2.53. The third-order valence-electron chi connectivity index (χ3n) is 8.52. The minimum absolute atomic E-state index is 0.00888. The Balaban J connectivity index is 1.71. The molecule has 0 heterocycles. The number of ketones is 4. The average molecular weight is 505 g/mol. The highest BCUT2D eigenvalue weighted by atomic mass is 16.3. The third-order valence-corrected chi connectivity index (χ3v) is 8.52. The van der Waals surface area contributed by atoms with E-state index < -0.39 is 70.3 Å². The number of hydrogen-bond donors (Lipinski definition) is 3. The zero-order chi connectivity index (χ0) is 27.0. The van der Waals surface area contributed by atoms with Crippen molar-refractivity contribution in [1.82, 2.24) is 4.90 Å². The van der Waals surface area contributed by atoms with Crippen LogP contribution in [0.4, 0.5) is 0 Å². The van der Waals surface area contributed by atoms with E-state index in [1.165, 1.54) is 11.0 Å². The lowest BCUT2D eigenvalue weighted by molar-refractivity contribution is -0.181. The van der Waals surface area contributed by atoms with Crippen molar-refractivity contribution < 1.29 is 34.2 Å². The summed E-state index contributed by atoms with van der Waals surface area (Å²) in [6.45, 7) is 1.84. The number of hydrogen-bond acceptors (Lipinski definition) is 8. The zero-order valence-electron chi connectivity index (χ0n) is 20.7. The van der Waals surface area contributed by atoms with Crippen molar-refractivity contribution in [2.75, 3.05) is 14.1 Å². The van der Waals surface area contributed by atoms with Gasteiger partial charge in [0.05, 0.1) is 17.5 Å². The van der Waals surface area contributed by atoms with E-state index in [0.717, 1.165) is 11.1 Å². The molecule has 3 aliphatic rings. The van der Waals surface area contributed by atoms with E-state index in [9.17, 15) is 34.2 Å². The summed E-state index contributed by atoms with van der Waals surface area (Å²) < 4.78 is 0. The molecule has 9 nitrogen and oxygen atoms in total. The normalized spacial score (nSPS) is 33.1. The summed E-state index contributed by atoms with van der Waals surface area (Å²) in [5.74, 6) is -11.0. The van der Waals surface area contributed by atoms with Gasteiger partial charge in [-0.3, -0.25) is 28.9 Å². The lowest BCUT2D eigenvalue weighted by atomic mass is 9.50. The van der Waals surface area contributed by atoms with Crippen LogP contribution in [-0.2, 0) is 19.2 Å². The van der Waals surface area contributed by atoms with E-state index in [2.05, 4.69) is 0 Å². The van der Waals surface area contributed by atoms with E-state index >= 15 is 0 Å². The molecule has 0 bridgehead atoms. The average Bonchev–Trinajstić information content (AvgIpc) is 2.84. The molecule has 0 radical (unpaired) electrons. The molecule has 2 aromatic carbocycles. The molecule has 2 saturated carbocycles. The Labute approximate surface area is 213 Å². The van der Waals surface area contributed by atoms with Crippen molar-refractivity contribution in [2.24, 2.45) is 29.4 Å². The number of carbonyl (C=O) groups is 5. The van der Waals surface area contributed by atoms with E-state index in [1.54, 1.807) is 20.2 Å². The van der Waals surface area contributed by atoms with Crippen LogP contribution in [0, 0.1) is 23.7 Å². The SMILES string of the molecule is C[C@H]1c2c(-c3ccccc3)ccc(O)c2C(=O)C2C(=O)[C@]3(O)C(=O)C(C(N)=O)C(=O)[C@@H](N(C)C)[C@@H]3C[C@@H]21. The van der Waals surface area contributed by atoms with Crippen molar-refractivity contribution in [3.63, 3.8) is 0 Å². The summed E-state index contributed by atoms with van der Waals surface area (Å²) in [4.78, 5) is 67.9. The number of phenols is 1. The molecule has 37 heavy (non-hydrogen) atoms. The van der Waals surface area contributed by atoms with Gasteiger partial charge >= 0.3 is 0 Å². The summed E-state index contributed by atoms with van der Waals surface area (Å²) in [5, 5.41) is 22.4. The van der Waals surface area contributed by atoms with Gasteiger partial charge < -0.3 is 15.9 Å². The van der Waals surface area contributed by atoms with Crippen molar-refractivity contribution in [2.45, 2.75) is 30.9 Å². The van der Waals surface area contributed by atoms with Crippen LogP contribution in [0.1, 0.15) is 35.2 Å². The van der Waals surface area contributed by atoms with Gasteiger partial charge in [-0.15, -0.1) is 0 Å². The Kier molecular flexibility index (Phi) is 5.69. The van der Waals surface area contributed by atoms with Gasteiger partial charge in [0.15, 0.2) is 34.7 Å². The first kappa shape index (κ1) is 25.0. The van der Waals surface area contributed by atoms with E-state index in [-0.39, 0.29) is 17.7 Å². The second kappa shape index (κ2) is 8.43. The van der Waals surface area contributed by atoms with Crippen LogP contribution in [-0.4, -0.2) is 69.9 Å². The number of nitrogens with zero attached hydrogens (tertiary/aromatic N) is 1. The van der Waals surface area contributed by atoms with Gasteiger partial charge in [-0.25, -0.2) is 0 Å². The topological polar surface area (TPSA) is 155 Å². The van der Waals surface area contributed by atoms with Crippen LogP contribution in [0.3, 0.4) is 0 Å². The predicted octanol–water partition coefficient (Wildman–Crippen LogP) is 1.09. The molecule has 0 aliphatic heterocycles. The molecule has 2 fully saturated rings. The first-order chi connectivity index (χ1) is 17.4. The first-order valence-corrected chi connectivity index (χ1v) is 12.2. The van der Waals surface area contributed by atoms with Gasteiger partial charge in [0.2, 0.25) is 5.91 Å². The minimum Gasteiger partial charge on any atom is -0.507 e. The Bertz CT molecular complexity index is 1370. The van der Waals surface area contributed by atoms with Crippen LogP contribution in [0.2, 0.25) is 0 Å². The van der Waals surface area contributed by atoms with Gasteiger partial charge in [0.1, 0.15) is 5.75 Å². The number of primary amides is 1. The molecule has 5 rings (SSSR count). The van der Waals surface area contributed by atoms with E-state index in [4.69, 9.17) is 5.73 Å². The standard InChI is InChI=1S/C28H28N2O7/c1-12-15-11-16-22(30(2)3)24(33)21(27(29)36)26(35)28(16,37)25(34)19(15)23(32)20-17(31)10-9-14(18(12)20)13-7-5-4-6-8-13/h4-10,12,15-16,19,21-22,31,37H,11H2,1-3H3,(H2,29,36)/t12-,15-,16+,19?,21?,22+,28+/m1/s1. The molecular formula is C28H28N2O7. The number of nitrogens with two attached hydrogens (primary N) is 1. The number of Topliss-reactive ketones (excluding diaryl/α,β-unsaturated/α-hetero) is 4. The second-order valence-electron chi connectivity index (χ2n) is 10.6. The second-order valence-corrected chi connectivity index (χ2v) is 10.6. The van der Waals surface area contributed by atoms with Gasteiger partial charge in [-0.1, -0.05) is 43.3 Å². The largest absolute Gasteiger partial charge is 0.507 e. The highest BCUT2D eigenvalue weighted by Crippen LogP contribution is 2.55. The number of rotatable bonds is 3. The summed E-state index contributed by atoms with van der Waals surface area (Å²) >= 11 is 0. The van der Waals surface area contributed by atoms with Crippen molar-refractivity contribution in [1.29, 1.82) is 0 Å². The first-order valence-electron chi connectivity index (χ1n) is 12.2. The molecule has 4 N–H and O–H groups in total.